The van der Waals surface area contributed by atoms with Gasteiger partial charge in [0, 0.05) is 5.56 Å². The average Bonchev–Trinajstić information content (AvgIpc) is 2.50. The molecule has 15 heavy (non-hydrogen) atoms. The molecule has 0 radical (unpaired) electrons. The van der Waals surface area contributed by atoms with Gasteiger partial charge in [-0.05, 0) is 22.9 Å². The summed E-state index contributed by atoms with van der Waals surface area (Å²) >= 11 is 0. The van der Waals surface area contributed by atoms with Gasteiger partial charge in [-0.1, -0.05) is 24.3 Å². The van der Waals surface area contributed by atoms with E-state index in [1.807, 2.05) is 18.2 Å². The Morgan fingerprint density at radius 3 is 2.60 bits per heavy atom. The third kappa shape index (κ3) is 1.56. The molecule has 0 unspecified atom stereocenters. The van der Waals surface area contributed by atoms with Crippen LogP contribution in [-0.2, 0) is 16.4 Å². The van der Waals surface area contributed by atoms with Gasteiger partial charge in [0.2, 0.25) is 6.79 Å². The summed E-state index contributed by atoms with van der Waals surface area (Å²) in [5.74, 6) is 0.839. The van der Waals surface area contributed by atoms with E-state index >= 15 is 0 Å². The molecule has 0 fully saturated rings. The van der Waals surface area contributed by atoms with Crippen LogP contribution < -0.4 is 4.74 Å². The van der Waals surface area contributed by atoms with Gasteiger partial charge in [-0.25, -0.2) is 4.89 Å². The number of ether oxygens (including phenoxy) is 1. The predicted octanol–water partition coefficient (Wildman–Crippen LogP) is 2.64. The topological polar surface area (TPSA) is 27.7 Å². The third-order valence-corrected chi connectivity index (χ3v) is 2.49. The fraction of sp³-hybridized carbons (Fsp3) is 0.167. The van der Waals surface area contributed by atoms with Gasteiger partial charge in [0.05, 0.1) is 0 Å². The van der Waals surface area contributed by atoms with E-state index in [0.29, 0.717) is 6.61 Å². The summed E-state index contributed by atoms with van der Waals surface area (Å²) in [5, 5.41) is 2.35. The molecule has 0 aliphatic carbocycles. The Balaban J connectivity index is 2.20. The second-order valence-corrected chi connectivity index (χ2v) is 3.45. The van der Waals surface area contributed by atoms with Crippen molar-refractivity contribution in [3.8, 4) is 5.75 Å². The first-order chi connectivity index (χ1) is 7.43. The molecule has 0 N–H and O–H groups in total. The smallest absolute Gasteiger partial charge is 0.221 e. The second kappa shape index (κ2) is 3.53. The Labute approximate surface area is 87.1 Å². The van der Waals surface area contributed by atoms with E-state index in [2.05, 4.69) is 18.2 Å². The van der Waals surface area contributed by atoms with Gasteiger partial charge in [-0.2, -0.15) is 4.89 Å². The van der Waals surface area contributed by atoms with Crippen molar-refractivity contribution in [1.82, 2.24) is 0 Å². The van der Waals surface area contributed by atoms with Gasteiger partial charge < -0.3 is 4.74 Å². The van der Waals surface area contributed by atoms with Crippen molar-refractivity contribution in [2.75, 3.05) is 6.79 Å². The molecule has 0 atom stereocenters. The molecule has 3 nitrogen and oxygen atoms in total. The quantitative estimate of drug-likeness (QED) is 0.614. The predicted molar refractivity (Wildman–Crippen MR) is 55.3 cm³/mol. The first kappa shape index (κ1) is 8.71. The van der Waals surface area contributed by atoms with Gasteiger partial charge in [-0.3, -0.25) is 0 Å². The normalized spacial score (nSPS) is 15.5. The maximum absolute atomic E-state index is 5.41. The van der Waals surface area contributed by atoms with Crippen LogP contribution in [0.15, 0.2) is 36.4 Å². The molecule has 0 spiro atoms. The number of fused-ring (bicyclic) bond motifs is 2. The Kier molecular flexibility index (Phi) is 2.05. The van der Waals surface area contributed by atoms with Gasteiger partial charge in [0.15, 0.2) is 0 Å². The van der Waals surface area contributed by atoms with Gasteiger partial charge in [0.1, 0.15) is 12.4 Å². The zero-order valence-electron chi connectivity index (χ0n) is 8.10. The highest BCUT2D eigenvalue weighted by atomic mass is 17.2. The molecule has 0 saturated heterocycles. The lowest BCUT2D eigenvalue weighted by Gasteiger charge is -2.06. The largest absolute Gasteiger partial charge is 0.464 e. The molecule has 2 aromatic rings. The molecule has 1 aliphatic rings. The highest BCUT2D eigenvalue weighted by Crippen LogP contribution is 2.28. The van der Waals surface area contributed by atoms with Crippen LogP contribution in [0.25, 0.3) is 10.8 Å². The lowest BCUT2D eigenvalue weighted by Crippen LogP contribution is -1.98. The van der Waals surface area contributed by atoms with E-state index in [4.69, 9.17) is 14.5 Å². The van der Waals surface area contributed by atoms with Crippen molar-refractivity contribution >= 4 is 10.8 Å². The first-order valence-electron chi connectivity index (χ1n) is 4.82. The number of hydrogen-bond donors (Lipinski definition) is 0. The molecule has 76 valence electrons. The minimum Gasteiger partial charge on any atom is -0.464 e. The van der Waals surface area contributed by atoms with E-state index < -0.39 is 0 Å². The molecule has 3 rings (SSSR count). The van der Waals surface area contributed by atoms with E-state index in [0.717, 1.165) is 16.7 Å². The molecular weight excluding hydrogens is 192 g/mol. The number of benzene rings is 2. The summed E-state index contributed by atoms with van der Waals surface area (Å²) < 4.78 is 5.41. The highest BCUT2D eigenvalue weighted by Gasteiger charge is 2.10. The van der Waals surface area contributed by atoms with Crippen molar-refractivity contribution in [3.05, 3.63) is 42.0 Å². The van der Waals surface area contributed by atoms with Crippen LogP contribution in [0.5, 0.6) is 5.75 Å². The van der Waals surface area contributed by atoms with E-state index in [1.165, 1.54) is 5.39 Å². The van der Waals surface area contributed by atoms with E-state index in [1.54, 1.807) is 0 Å². The summed E-state index contributed by atoms with van der Waals surface area (Å²) in [6.07, 6.45) is 0. The maximum atomic E-state index is 5.41. The SMILES string of the molecule is c1ccc2cc3c(cc2c1)COOCO3. The zero-order chi connectivity index (χ0) is 10.1. The summed E-state index contributed by atoms with van der Waals surface area (Å²) in [6.45, 7) is 0.575. The van der Waals surface area contributed by atoms with E-state index in [-0.39, 0.29) is 6.79 Å². The van der Waals surface area contributed by atoms with Gasteiger partial charge >= 0.3 is 0 Å². The summed E-state index contributed by atoms with van der Waals surface area (Å²) in [4.78, 5) is 9.73. The zero-order valence-corrected chi connectivity index (χ0v) is 8.10. The Morgan fingerprint density at radius 2 is 1.73 bits per heavy atom. The summed E-state index contributed by atoms with van der Waals surface area (Å²) in [6, 6.07) is 12.2. The Bertz CT molecular complexity index is 449. The van der Waals surface area contributed by atoms with Crippen LogP contribution in [0, 0.1) is 0 Å². The number of rotatable bonds is 0. The minimum absolute atomic E-state index is 0.144. The highest BCUT2D eigenvalue weighted by molar-refractivity contribution is 5.84. The van der Waals surface area contributed by atoms with Gasteiger partial charge in [0.25, 0.3) is 0 Å². The molecule has 3 heteroatoms. The van der Waals surface area contributed by atoms with E-state index in [9.17, 15) is 0 Å². The molecule has 0 bridgehead atoms. The molecule has 2 aromatic carbocycles. The van der Waals surface area contributed by atoms with Crippen molar-refractivity contribution in [2.45, 2.75) is 6.61 Å². The van der Waals surface area contributed by atoms with Crippen LogP contribution in [0.4, 0.5) is 0 Å². The van der Waals surface area contributed by atoms with Crippen LogP contribution in [-0.4, -0.2) is 6.79 Å². The maximum Gasteiger partial charge on any atom is 0.221 e. The standard InChI is InChI=1S/C12H10O3/c1-2-4-10-6-12-11(5-9(10)3-1)7-14-15-8-13-12/h1-6H,7-8H2. The minimum atomic E-state index is 0.144. The van der Waals surface area contributed by atoms with Crippen LogP contribution in [0.2, 0.25) is 0 Å². The monoisotopic (exact) mass is 202 g/mol. The molecule has 0 amide bonds. The van der Waals surface area contributed by atoms with Crippen LogP contribution in [0.3, 0.4) is 0 Å². The van der Waals surface area contributed by atoms with Crippen molar-refractivity contribution in [2.24, 2.45) is 0 Å². The summed E-state index contributed by atoms with van der Waals surface area (Å²) in [7, 11) is 0. The Hall–Kier alpha value is -1.58. The number of hydrogen-bond acceptors (Lipinski definition) is 3. The fourth-order valence-electron chi connectivity index (χ4n) is 1.74. The van der Waals surface area contributed by atoms with Gasteiger partial charge in [-0.15, -0.1) is 0 Å². The van der Waals surface area contributed by atoms with Crippen LogP contribution in [0.1, 0.15) is 5.56 Å². The van der Waals surface area contributed by atoms with Crippen molar-refractivity contribution in [3.63, 3.8) is 0 Å². The average molecular weight is 202 g/mol. The Morgan fingerprint density at radius 1 is 0.933 bits per heavy atom. The molecule has 0 saturated carbocycles. The summed E-state index contributed by atoms with van der Waals surface area (Å²) in [5.41, 5.74) is 1.02. The third-order valence-electron chi connectivity index (χ3n) is 2.49. The molecule has 0 aromatic heterocycles. The lowest BCUT2D eigenvalue weighted by molar-refractivity contribution is -0.325. The second-order valence-electron chi connectivity index (χ2n) is 3.45. The molecular formula is C12H10O3. The molecule has 1 heterocycles. The van der Waals surface area contributed by atoms with Crippen LogP contribution >= 0.6 is 0 Å². The van der Waals surface area contributed by atoms with Crippen molar-refractivity contribution in [1.29, 1.82) is 0 Å². The van der Waals surface area contributed by atoms with Crippen molar-refractivity contribution < 1.29 is 14.5 Å². The fourth-order valence-corrected chi connectivity index (χ4v) is 1.74. The first-order valence-corrected chi connectivity index (χ1v) is 4.82. The molecule has 1 aliphatic heterocycles. The lowest BCUT2D eigenvalue weighted by atomic mass is 10.1.